The minimum atomic E-state index is -0.691. The van der Waals surface area contributed by atoms with Gasteiger partial charge >= 0.3 is 0 Å². The molecule has 1 aromatic carbocycles. The fourth-order valence-corrected chi connectivity index (χ4v) is 1.85. The summed E-state index contributed by atoms with van der Waals surface area (Å²) in [6.45, 7) is 0.0130. The molecule has 0 aliphatic rings. The number of amides is 1. The minimum Gasteiger partial charge on any atom is -0.336 e. The maximum absolute atomic E-state index is 13.5. The van der Waals surface area contributed by atoms with E-state index >= 15 is 0 Å². The van der Waals surface area contributed by atoms with Crippen molar-refractivity contribution in [2.24, 2.45) is 0 Å². The Morgan fingerprint density at radius 1 is 1.30 bits per heavy atom. The van der Waals surface area contributed by atoms with Crippen LogP contribution in [0, 0.1) is 11.6 Å². The molecule has 0 bridgehead atoms. The summed E-state index contributed by atoms with van der Waals surface area (Å²) in [7, 11) is 1.51. The van der Waals surface area contributed by atoms with Crippen molar-refractivity contribution in [1.29, 1.82) is 0 Å². The van der Waals surface area contributed by atoms with Crippen LogP contribution in [0.4, 0.5) is 8.78 Å². The molecule has 20 heavy (non-hydrogen) atoms. The molecule has 0 unspecified atom stereocenters. The molecular weight excluding hydrogens is 286 g/mol. The monoisotopic (exact) mass is 296 g/mol. The summed E-state index contributed by atoms with van der Waals surface area (Å²) in [6, 6.07) is 6.22. The van der Waals surface area contributed by atoms with E-state index in [2.05, 4.69) is 4.98 Å². The van der Waals surface area contributed by atoms with Crippen molar-refractivity contribution in [1.82, 2.24) is 9.88 Å². The molecule has 0 N–H and O–H groups in total. The van der Waals surface area contributed by atoms with Crippen LogP contribution >= 0.6 is 11.6 Å². The van der Waals surface area contributed by atoms with Gasteiger partial charge in [0.25, 0.3) is 5.91 Å². The van der Waals surface area contributed by atoms with Gasteiger partial charge in [0.1, 0.15) is 17.3 Å². The van der Waals surface area contributed by atoms with E-state index < -0.39 is 17.5 Å². The van der Waals surface area contributed by atoms with Crippen molar-refractivity contribution in [3.8, 4) is 0 Å². The molecule has 0 saturated heterocycles. The fraction of sp³-hybridized carbons (Fsp3) is 0.143. The molecule has 2 aromatic rings. The molecule has 1 heterocycles. The van der Waals surface area contributed by atoms with E-state index in [-0.39, 0.29) is 17.8 Å². The van der Waals surface area contributed by atoms with Crippen molar-refractivity contribution in [3.05, 3.63) is 64.4 Å². The highest BCUT2D eigenvalue weighted by Gasteiger charge is 2.15. The Bertz CT molecular complexity index is 649. The van der Waals surface area contributed by atoms with E-state index in [0.717, 1.165) is 12.1 Å². The first kappa shape index (κ1) is 14.4. The normalized spacial score (nSPS) is 10.4. The van der Waals surface area contributed by atoms with Gasteiger partial charge in [-0.2, -0.15) is 0 Å². The lowest BCUT2D eigenvalue weighted by atomic mass is 10.2. The largest absolute Gasteiger partial charge is 0.336 e. The van der Waals surface area contributed by atoms with Crippen LogP contribution in [-0.2, 0) is 6.54 Å². The van der Waals surface area contributed by atoms with Crippen LogP contribution in [0.25, 0.3) is 0 Å². The van der Waals surface area contributed by atoms with Gasteiger partial charge in [0.05, 0.1) is 0 Å². The first-order valence-electron chi connectivity index (χ1n) is 5.78. The molecule has 0 atom stereocenters. The van der Waals surface area contributed by atoms with Crippen molar-refractivity contribution < 1.29 is 13.6 Å². The Balaban J connectivity index is 2.15. The summed E-state index contributed by atoms with van der Waals surface area (Å²) in [6.07, 6.45) is 1.42. The van der Waals surface area contributed by atoms with Gasteiger partial charge in [-0.15, -0.1) is 0 Å². The number of carbonyl (C=O) groups excluding carboxylic acids is 1. The van der Waals surface area contributed by atoms with Gasteiger partial charge in [0.2, 0.25) is 0 Å². The summed E-state index contributed by atoms with van der Waals surface area (Å²) in [4.78, 5) is 17.3. The van der Waals surface area contributed by atoms with Crippen LogP contribution in [0.15, 0.2) is 36.5 Å². The minimum absolute atomic E-state index is 0.0130. The smallest absolute Gasteiger partial charge is 0.272 e. The predicted octanol–water partition coefficient (Wildman–Crippen LogP) is 3.29. The highest BCUT2D eigenvalue weighted by Crippen LogP contribution is 2.14. The fourth-order valence-electron chi connectivity index (χ4n) is 1.69. The topological polar surface area (TPSA) is 33.2 Å². The third-order valence-electron chi connectivity index (χ3n) is 2.71. The van der Waals surface area contributed by atoms with Gasteiger partial charge in [-0.1, -0.05) is 17.7 Å². The highest BCUT2D eigenvalue weighted by atomic mass is 35.5. The van der Waals surface area contributed by atoms with Gasteiger partial charge < -0.3 is 4.90 Å². The third-order valence-corrected chi connectivity index (χ3v) is 2.95. The van der Waals surface area contributed by atoms with Crippen molar-refractivity contribution in [3.63, 3.8) is 0 Å². The molecule has 6 heteroatoms. The van der Waals surface area contributed by atoms with Gasteiger partial charge in [-0.3, -0.25) is 9.78 Å². The molecule has 0 fully saturated rings. The van der Waals surface area contributed by atoms with Crippen LogP contribution in [-0.4, -0.2) is 22.8 Å². The van der Waals surface area contributed by atoms with Crippen LogP contribution in [0.5, 0.6) is 0 Å². The molecule has 3 nitrogen and oxygen atoms in total. The average molecular weight is 297 g/mol. The lowest BCUT2D eigenvalue weighted by Crippen LogP contribution is -2.27. The Morgan fingerprint density at radius 2 is 2.05 bits per heavy atom. The number of aromatic nitrogens is 1. The molecule has 0 aliphatic heterocycles. The van der Waals surface area contributed by atoms with Gasteiger partial charge in [0.15, 0.2) is 0 Å². The Labute approximate surface area is 119 Å². The van der Waals surface area contributed by atoms with Crippen molar-refractivity contribution >= 4 is 17.5 Å². The molecule has 0 radical (unpaired) electrons. The highest BCUT2D eigenvalue weighted by molar-refractivity contribution is 6.30. The zero-order valence-electron chi connectivity index (χ0n) is 10.6. The molecule has 0 saturated carbocycles. The number of pyridine rings is 1. The van der Waals surface area contributed by atoms with Gasteiger partial charge in [-0.25, -0.2) is 8.78 Å². The zero-order chi connectivity index (χ0) is 14.7. The molecule has 0 aliphatic carbocycles. The molecule has 104 valence electrons. The lowest BCUT2D eigenvalue weighted by Gasteiger charge is -2.17. The maximum Gasteiger partial charge on any atom is 0.272 e. The van der Waals surface area contributed by atoms with E-state index in [1.165, 1.54) is 30.3 Å². The quantitative estimate of drug-likeness (QED) is 0.871. The Morgan fingerprint density at radius 3 is 2.70 bits per heavy atom. The van der Waals surface area contributed by atoms with E-state index in [9.17, 15) is 13.6 Å². The summed E-state index contributed by atoms with van der Waals surface area (Å²) in [5, 5.41) is 0.393. The summed E-state index contributed by atoms with van der Waals surface area (Å²) in [5.41, 5.74) is 0.395. The first-order chi connectivity index (χ1) is 9.47. The maximum atomic E-state index is 13.5. The standard InChI is InChI=1S/C14H11ClF2N2O/c1-19(8-9-2-3-11(16)7-12(9)17)14(20)13-6-10(15)4-5-18-13/h2-7H,8H2,1H3. The summed E-state index contributed by atoms with van der Waals surface area (Å²) < 4.78 is 26.3. The van der Waals surface area contributed by atoms with E-state index in [1.807, 2.05) is 0 Å². The van der Waals surface area contributed by atoms with Crippen LogP contribution in [0.1, 0.15) is 16.1 Å². The van der Waals surface area contributed by atoms with Crippen LogP contribution in [0.2, 0.25) is 5.02 Å². The molecule has 1 aromatic heterocycles. The van der Waals surface area contributed by atoms with Gasteiger partial charge in [0, 0.05) is 36.4 Å². The predicted molar refractivity (Wildman–Crippen MR) is 71.4 cm³/mol. The number of benzene rings is 1. The van der Waals surface area contributed by atoms with Crippen LogP contribution in [0.3, 0.4) is 0 Å². The molecule has 0 spiro atoms. The number of hydrogen-bond acceptors (Lipinski definition) is 2. The lowest BCUT2D eigenvalue weighted by molar-refractivity contribution is 0.0778. The van der Waals surface area contributed by atoms with Crippen molar-refractivity contribution in [2.45, 2.75) is 6.54 Å². The van der Waals surface area contributed by atoms with E-state index in [4.69, 9.17) is 11.6 Å². The van der Waals surface area contributed by atoms with Gasteiger partial charge in [-0.05, 0) is 18.2 Å². The second-order valence-electron chi connectivity index (χ2n) is 4.26. The number of carbonyl (C=O) groups is 1. The van der Waals surface area contributed by atoms with Crippen molar-refractivity contribution in [2.75, 3.05) is 7.05 Å². The molecule has 2 rings (SSSR count). The van der Waals surface area contributed by atoms with E-state index in [1.54, 1.807) is 6.07 Å². The Hall–Kier alpha value is -2.01. The number of hydrogen-bond donors (Lipinski definition) is 0. The molecule has 1 amide bonds. The number of nitrogens with zero attached hydrogens (tertiary/aromatic N) is 2. The van der Waals surface area contributed by atoms with Crippen LogP contribution < -0.4 is 0 Å². The SMILES string of the molecule is CN(Cc1ccc(F)cc1F)C(=O)c1cc(Cl)ccn1. The zero-order valence-corrected chi connectivity index (χ0v) is 11.4. The Kier molecular flexibility index (Phi) is 4.29. The third kappa shape index (κ3) is 3.30. The number of halogens is 3. The number of rotatable bonds is 3. The molecular formula is C14H11ClF2N2O. The summed E-state index contributed by atoms with van der Waals surface area (Å²) in [5.74, 6) is -1.74. The summed E-state index contributed by atoms with van der Waals surface area (Å²) >= 11 is 5.78. The second kappa shape index (κ2) is 5.96. The average Bonchev–Trinajstić information content (AvgIpc) is 2.41. The van der Waals surface area contributed by atoms with E-state index in [0.29, 0.717) is 5.02 Å². The first-order valence-corrected chi connectivity index (χ1v) is 6.16. The second-order valence-corrected chi connectivity index (χ2v) is 4.69.